The molecule has 1 saturated heterocycles. The first-order chi connectivity index (χ1) is 16.4. The molecule has 0 saturated carbocycles. The van der Waals surface area contributed by atoms with E-state index in [9.17, 15) is 19.2 Å². The highest BCUT2D eigenvalue weighted by molar-refractivity contribution is 6.43. The van der Waals surface area contributed by atoms with E-state index in [1.165, 1.54) is 11.2 Å². The Labute approximate surface area is 196 Å². The summed E-state index contributed by atoms with van der Waals surface area (Å²) in [7, 11) is 0. The average molecular weight is 463 g/mol. The number of rotatable bonds is 6. The van der Waals surface area contributed by atoms with Crippen LogP contribution in [0.25, 0.3) is 11.1 Å². The molecular formula is C25H25N3O6. The molecule has 1 aliphatic heterocycles. The Morgan fingerprint density at radius 3 is 2.26 bits per heavy atom. The number of nitrogens with one attached hydrogen (secondary N) is 1. The van der Waals surface area contributed by atoms with E-state index in [2.05, 4.69) is 4.98 Å². The summed E-state index contributed by atoms with van der Waals surface area (Å²) < 4.78 is 10.4. The van der Waals surface area contributed by atoms with E-state index in [1.807, 2.05) is 6.07 Å². The SMILES string of the molecule is CCOC(=O)c1c(C)[nH]c(C(=O)C(=O)N2CCN(C(=O)c3ccco3)CC2)c1-c1ccccc1. The highest BCUT2D eigenvalue weighted by Gasteiger charge is 2.34. The molecule has 3 heterocycles. The molecule has 3 aromatic rings. The number of hydrogen-bond acceptors (Lipinski definition) is 6. The number of aromatic nitrogens is 1. The molecule has 0 radical (unpaired) electrons. The fraction of sp³-hybridized carbons (Fsp3) is 0.280. The van der Waals surface area contributed by atoms with Crippen molar-refractivity contribution >= 4 is 23.6 Å². The number of ether oxygens (including phenoxy) is 1. The fourth-order valence-electron chi connectivity index (χ4n) is 4.07. The van der Waals surface area contributed by atoms with Gasteiger partial charge in [-0.05, 0) is 31.5 Å². The number of aryl methyl sites for hydroxylation is 1. The lowest BCUT2D eigenvalue weighted by atomic mass is 9.98. The lowest BCUT2D eigenvalue weighted by Gasteiger charge is -2.33. The number of Topliss-reactive ketones (excluding diaryl/α,β-unsaturated/α-hetero) is 1. The summed E-state index contributed by atoms with van der Waals surface area (Å²) in [5, 5.41) is 0. The number of carbonyl (C=O) groups excluding carboxylic acids is 4. The molecule has 0 spiro atoms. The van der Waals surface area contributed by atoms with E-state index in [0.717, 1.165) is 0 Å². The van der Waals surface area contributed by atoms with Crippen LogP contribution in [0.3, 0.4) is 0 Å². The second-order valence-electron chi connectivity index (χ2n) is 7.85. The van der Waals surface area contributed by atoms with Crippen LogP contribution in [0.2, 0.25) is 0 Å². The van der Waals surface area contributed by atoms with Crippen LogP contribution in [-0.2, 0) is 9.53 Å². The molecule has 0 atom stereocenters. The molecule has 4 rings (SSSR count). The third-order valence-corrected chi connectivity index (χ3v) is 5.74. The molecule has 2 amide bonds. The largest absolute Gasteiger partial charge is 0.462 e. The molecular weight excluding hydrogens is 438 g/mol. The van der Waals surface area contributed by atoms with E-state index < -0.39 is 17.7 Å². The second kappa shape index (κ2) is 9.78. The quantitative estimate of drug-likeness (QED) is 0.342. The summed E-state index contributed by atoms with van der Waals surface area (Å²) in [5.74, 6) is -2.03. The van der Waals surface area contributed by atoms with E-state index >= 15 is 0 Å². The van der Waals surface area contributed by atoms with Gasteiger partial charge in [0.25, 0.3) is 17.6 Å². The van der Waals surface area contributed by atoms with Crippen LogP contribution in [0.1, 0.15) is 44.0 Å². The van der Waals surface area contributed by atoms with Gasteiger partial charge in [-0.3, -0.25) is 14.4 Å². The Morgan fingerprint density at radius 1 is 0.971 bits per heavy atom. The van der Waals surface area contributed by atoms with E-state index in [0.29, 0.717) is 16.8 Å². The minimum Gasteiger partial charge on any atom is -0.462 e. The minimum atomic E-state index is -0.747. The van der Waals surface area contributed by atoms with Crippen LogP contribution in [0, 0.1) is 6.92 Å². The van der Waals surface area contributed by atoms with Gasteiger partial charge >= 0.3 is 5.97 Å². The monoisotopic (exact) mass is 463 g/mol. The number of nitrogens with zero attached hydrogens (tertiary/aromatic N) is 2. The third kappa shape index (κ3) is 4.36. The predicted octanol–water partition coefficient (Wildman–Crippen LogP) is 2.93. The molecule has 176 valence electrons. The summed E-state index contributed by atoms with van der Waals surface area (Å²) in [6.45, 7) is 4.53. The number of hydrogen-bond donors (Lipinski definition) is 1. The van der Waals surface area contributed by atoms with Gasteiger partial charge in [-0.2, -0.15) is 0 Å². The number of carbonyl (C=O) groups is 4. The summed E-state index contributed by atoms with van der Waals surface area (Å²) in [6, 6.07) is 12.2. The van der Waals surface area contributed by atoms with Crippen LogP contribution in [0.15, 0.2) is 53.1 Å². The van der Waals surface area contributed by atoms with E-state index in [4.69, 9.17) is 9.15 Å². The second-order valence-corrected chi connectivity index (χ2v) is 7.85. The number of aromatic amines is 1. The number of ketones is 1. The van der Waals surface area contributed by atoms with Crippen molar-refractivity contribution in [3.63, 3.8) is 0 Å². The van der Waals surface area contributed by atoms with Crippen molar-refractivity contribution in [2.75, 3.05) is 32.8 Å². The first-order valence-electron chi connectivity index (χ1n) is 11.0. The number of amides is 2. The molecule has 2 aromatic heterocycles. The first kappa shape index (κ1) is 23.0. The number of esters is 1. The smallest absolute Gasteiger partial charge is 0.340 e. The Bertz CT molecular complexity index is 1210. The van der Waals surface area contributed by atoms with Crippen LogP contribution >= 0.6 is 0 Å². The Kier molecular flexibility index (Phi) is 6.62. The van der Waals surface area contributed by atoms with Gasteiger partial charge in [0.15, 0.2) is 5.76 Å². The molecule has 0 bridgehead atoms. The van der Waals surface area contributed by atoms with Crippen molar-refractivity contribution < 1.29 is 28.3 Å². The van der Waals surface area contributed by atoms with Crippen molar-refractivity contribution in [2.45, 2.75) is 13.8 Å². The van der Waals surface area contributed by atoms with Crippen molar-refractivity contribution in [1.82, 2.24) is 14.8 Å². The number of piperazine rings is 1. The lowest BCUT2D eigenvalue weighted by molar-refractivity contribution is -0.127. The summed E-state index contributed by atoms with van der Waals surface area (Å²) >= 11 is 0. The van der Waals surface area contributed by atoms with Crippen LogP contribution in [0.5, 0.6) is 0 Å². The Hall–Kier alpha value is -4.14. The summed E-state index contributed by atoms with van der Waals surface area (Å²) in [5.41, 5.74) is 1.70. The van der Waals surface area contributed by atoms with Crippen LogP contribution < -0.4 is 0 Å². The van der Waals surface area contributed by atoms with Gasteiger partial charge in [0.05, 0.1) is 18.4 Å². The van der Waals surface area contributed by atoms with Gasteiger partial charge in [-0.1, -0.05) is 30.3 Å². The Morgan fingerprint density at radius 2 is 1.65 bits per heavy atom. The van der Waals surface area contributed by atoms with Crippen LogP contribution in [-0.4, -0.2) is 71.1 Å². The molecule has 0 aliphatic carbocycles. The predicted molar refractivity (Wildman–Crippen MR) is 122 cm³/mol. The van der Waals surface area contributed by atoms with Crippen molar-refractivity contribution in [3.05, 3.63) is 71.4 Å². The molecule has 9 nitrogen and oxygen atoms in total. The number of furan rings is 1. The van der Waals surface area contributed by atoms with Gasteiger partial charge in [-0.15, -0.1) is 0 Å². The fourth-order valence-corrected chi connectivity index (χ4v) is 4.07. The van der Waals surface area contributed by atoms with Gasteiger partial charge in [0.1, 0.15) is 5.69 Å². The van der Waals surface area contributed by atoms with Crippen molar-refractivity contribution in [2.24, 2.45) is 0 Å². The van der Waals surface area contributed by atoms with Gasteiger partial charge in [0.2, 0.25) is 0 Å². The standard InChI is InChI=1S/C25H25N3O6/c1-3-33-25(32)19-16(2)26-21(20(19)17-8-5-4-6-9-17)22(29)24(31)28-13-11-27(12-14-28)23(30)18-10-7-15-34-18/h4-10,15,26H,3,11-14H2,1-2H3. The maximum absolute atomic E-state index is 13.3. The number of benzene rings is 1. The molecule has 9 heteroatoms. The Balaban J connectivity index is 1.57. The summed E-state index contributed by atoms with van der Waals surface area (Å²) in [4.78, 5) is 57.5. The zero-order valence-corrected chi connectivity index (χ0v) is 19.0. The maximum Gasteiger partial charge on any atom is 0.340 e. The normalized spacial score (nSPS) is 13.6. The zero-order chi connectivity index (χ0) is 24.2. The maximum atomic E-state index is 13.3. The van der Waals surface area contributed by atoms with Crippen molar-refractivity contribution in [1.29, 1.82) is 0 Å². The average Bonchev–Trinajstić information content (AvgIpc) is 3.52. The van der Waals surface area contributed by atoms with Gasteiger partial charge < -0.3 is 23.9 Å². The number of H-pyrrole nitrogens is 1. The van der Waals surface area contributed by atoms with Gasteiger partial charge in [0, 0.05) is 37.4 Å². The molecule has 1 N–H and O–H groups in total. The summed E-state index contributed by atoms with van der Waals surface area (Å²) in [6.07, 6.45) is 1.43. The molecule has 0 unspecified atom stereocenters. The first-order valence-corrected chi connectivity index (χ1v) is 11.0. The van der Waals surface area contributed by atoms with E-state index in [1.54, 1.807) is 55.1 Å². The molecule has 1 aromatic carbocycles. The topological polar surface area (TPSA) is 113 Å². The highest BCUT2D eigenvalue weighted by atomic mass is 16.5. The van der Waals surface area contributed by atoms with Crippen LogP contribution in [0.4, 0.5) is 0 Å². The zero-order valence-electron chi connectivity index (χ0n) is 19.0. The molecule has 1 aliphatic rings. The minimum absolute atomic E-state index is 0.0471. The van der Waals surface area contributed by atoms with Crippen molar-refractivity contribution in [3.8, 4) is 11.1 Å². The molecule has 34 heavy (non-hydrogen) atoms. The molecule has 1 fully saturated rings. The lowest BCUT2D eigenvalue weighted by Crippen LogP contribution is -2.52. The highest BCUT2D eigenvalue weighted by Crippen LogP contribution is 2.31. The third-order valence-electron chi connectivity index (χ3n) is 5.74. The van der Waals surface area contributed by atoms with Gasteiger partial charge in [-0.25, -0.2) is 4.79 Å². The van der Waals surface area contributed by atoms with E-state index in [-0.39, 0.29) is 55.7 Å².